The minimum absolute atomic E-state index is 0.117. The maximum absolute atomic E-state index is 12.4. The Bertz CT molecular complexity index is 850. The van der Waals surface area contributed by atoms with Crippen LogP contribution in [0.2, 0.25) is 0 Å². The van der Waals surface area contributed by atoms with Gasteiger partial charge in [0.15, 0.2) is 0 Å². The van der Waals surface area contributed by atoms with Crippen LogP contribution in [-0.2, 0) is 16.1 Å². The third-order valence-corrected chi connectivity index (χ3v) is 4.34. The Labute approximate surface area is 190 Å². The molecule has 7 nitrogen and oxygen atoms in total. The van der Waals surface area contributed by atoms with E-state index in [1.165, 1.54) is 7.11 Å². The molecule has 0 fully saturated rings. The lowest BCUT2D eigenvalue weighted by atomic mass is 10.1. The summed E-state index contributed by atoms with van der Waals surface area (Å²) in [6.07, 6.45) is -0.543. The summed E-state index contributed by atoms with van der Waals surface area (Å²) in [5.74, 6) is 0.0900. The van der Waals surface area contributed by atoms with E-state index in [9.17, 15) is 9.59 Å². The fourth-order valence-corrected chi connectivity index (χ4v) is 2.86. The van der Waals surface area contributed by atoms with E-state index in [4.69, 9.17) is 18.9 Å². The molecule has 0 radical (unpaired) electrons. The summed E-state index contributed by atoms with van der Waals surface area (Å²) >= 11 is 2.02. The molecule has 0 aliphatic carbocycles. The Morgan fingerprint density at radius 3 is 2.23 bits per heavy atom. The SMILES string of the molecule is COC(=O)c1c(OCc2ccccc2)cccc1OC[C@H](I)NC(=O)OC(C)(C)C. The van der Waals surface area contributed by atoms with Crippen LogP contribution in [0.5, 0.6) is 11.5 Å². The number of hydrogen-bond donors (Lipinski definition) is 1. The third-order valence-electron chi connectivity index (χ3n) is 3.67. The number of carbonyl (C=O) groups excluding carboxylic acids is 2. The van der Waals surface area contributed by atoms with Gasteiger partial charge in [-0.2, -0.15) is 0 Å². The molecule has 0 unspecified atom stereocenters. The van der Waals surface area contributed by atoms with Gasteiger partial charge in [0.25, 0.3) is 0 Å². The van der Waals surface area contributed by atoms with Crippen molar-refractivity contribution in [1.82, 2.24) is 5.32 Å². The van der Waals surface area contributed by atoms with Crippen molar-refractivity contribution >= 4 is 34.7 Å². The number of hydrogen-bond acceptors (Lipinski definition) is 6. The molecule has 0 spiro atoms. The van der Waals surface area contributed by atoms with Crippen LogP contribution in [0, 0.1) is 0 Å². The largest absolute Gasteiger partial charge is 0.490 e. The van der Waals surface area contributed by atoms with Crippen LogP contribution >= 0.6 is 22.6 Å². The molecule has 2 aromatic carbocycles. The highest BCUT2D eigenvalue weighted by Crippen LogP contribution is 2.30. The molecule has 0 saturated heterocycles. The summed E-state index contributed by atoms with van der Waals surface area (Å²) in [4.78, 5) is 24.3. The van der Waals surface area contributed by atoms with Crippen molar-refractivity contribution in [3.05, 3.63) is 59.7 Å². The fraction of sp³-hybridized carbons (Fsp3) is 0.364. The monoisotopic (exact) mass is 527 g/mol. The number of alkyl halides is 1. The molecule has 0 aromatic heterocycles. The van der Waals surface area contributed by atoms with Crippen LogP contribution in [0.3, 0.4) is 0 Å². The summed E-state index contributed by atoms with van der Waals surface area (Å²) in [6.45, 7) is 5.77. The van der Waals surface area contributed by atoms with Gasteiger partial charge in [0, 0.05) is 0 Å². The highest BCUT2D eigenvalue weighted by molar-refractivity contribution is 14.1. The number of esters is 1. The summed E-state index contributed by atoms with van der Waals surface area (Å²) in [5.41, 5.74) is 0.564. The fourth-order valence-electron chi connectivity index (χ4n) is 2.43. The second-order valence-corrected chi connectivity index (χ2v) is 8.82. The van der Waals surface area contributed by atoms with Gasteiger partial charge in [-0.15, -0.1) is 0 Å². The number of benzene rings is 2. The number of carbonyl (C=O) groups is 2. The number of amides is 1. The summed E-state index contributed by atoms with van der Waals surface area (Å²) in [6, 6.07) is 14.7. The van der Waals surface area contributed by atoms with E-state index in [0.29, 0.717) is 18.1 Å². The zero-order valence-corrected chi connectivity index (χ0v) is 19.6. The number of alkyl carbamates (subject to hydrolysis) is 1. The van der Waals surface area contributed by atoms with Crippen molar-refractivity contribution in [2.24, 2.45) is 0 Å². The standard InChI is InChI=1S/C22H26INO6/c1-22(2,3)30-21(26)24-18(23)14-29-17-12-8-11-16(19(17)20(25)27-4)28-13-15-9-6-5-7-10-15/h5-12,18H,13-14H2,1-4H3,(H,24,26)/t18-/m1/s1. The predicted molar refractivity (Wildman–Crippen MR) is 121 cm³/mol. The topological polar surface area (TPSA) is 83.1 Å². The first-order valence-electron chi connectivity index (χ1n) is 9.34. The number of rotatable bonds is 8. The molecule has 1 atom stereocenters. The van der Waals surface area contributed by atoms with Crippen LogP contribution in [0.4, 0.5) is 4.79 Å². The highest BCUT2D eigenvalue weighted by atomic mass is 127. The summed E-state index contributed by atoms with van der Waals surface area (Å²) in [5, 5.41) is 2.68. The number of ether oxygens (including phenoxy) is 4. The lowest BCUT2D eigenvalue weighted by Gasteiger charge is -2.22. The van der Waals surface area contributed by atoms with Gasteiger partial charge in [-0.3, -0.25) is 0 Å². The van der Waals surface area contributed by atoms with Gasteiger partial charge in [0.05, 0.1) is 7.11 Å². The normalized spacial score (nSPS) is 11.9. The van der Waals surface area contributed by atoms with Gasteiger partial charge in [-0.05, 0) is 38.5 Å². The Morgan fingerprint density at radius 2 is 1.63 bits per heavy atom. The first-order valence-corrected chi connectivity index (χ1v) is 10.6. The lowest BCUT2D eigenvalue weighted by Crippen LogP contribution is -2.38. The predicted octanol–water partition coefficient (Wildman–Crippen LogP) is 4.72. The van der Waals surface area contributed by atoms with Crippen LogP contribution in [0.1, 0.15) is 36.7 Å². The second kappa shape index (κ2) is 11.1. The van der Waals surface area contributed by atoms with Gasteiger partial charge in [-0.1, -0.05) is 59.0 Å². The van der Waals surface area contributed by atoms with E-state index in [-0.39, 0.29) is 16.2 Å². The molecular weight excluding hydrogens is 501 g/mol. The average Bonchev–Trinajstić information content (AvgIpc) is 2.69. The summed E-state index contributed by atoms with van der Waals surface area (Å²) < 4.78 is 21.4. The van der Waals surface area contributed by atoms with E-state index < -0.39 is 17.7 Å². The zero-order valence-electron chi connectivity index (χ0n) is 17.4. The molecule has 162 valence electrons. The number of halogens is 1. The van der Waals surface area contributed by atoms with Gasteiger partial charge >= 0.3 is 12.1 Å². The van der Waals surface area contributed by atoms with Crippen molar-refractivity contribution in [3.63, 3.8) is 0 Å². The molecule has 2 aromatic rings. The molecule has 30 heavy (non-hydrogen) atoms. The molecule has 1 N–H and O–H groups in total. The quantitative estimate of drug-likeness (QED) is 0.232. The summed E-state index contributed by atoms with van der Waals surface area (Å²) in [7, 11) is 1.30. The smallest absolute Gasteiger partial charge is 0.408 e. The molecular formula is C22H26INO6. The molecule has 0 saturated carbocycles. The Hall–Kier alpha value is -2.49. The molecule has 0 aliphatic heterocycles. The average molecular weight is 527 g/mol. The minimum atomic E-state index is -0.593. The first-order chi connectivity index (χ1) is 14.2. The van der Waals surface area contributed by atoms with E-state index in [0.717, 1.165) is 5.56 Å². The van der Waals surface area contributed by atoms with Crippen LogP contribution in [-0.4, -0.2) is 35.4 Å². The lowest BCUT2D eigenvalue weighted by molar-refractivity contribution is 0.0511. The number of methoxy groups -OCH3 is 1. The molecule has 0 heterocycles. The van der Waals surface area contributed by atoms with Gasteiger partial charge < -0.3 is 24.3 Å². The van der Waals surface area contributed by atoms with E-state index in [2.05, 4.69) is 5.32 Å². The van der Waals surface area contributed by atoms with Crippen molar-refractivity contribution in [3.8, 4) is 11.5 Å². The Kier molecular flexibility index (Phi) is 8.76. The van der Waals surface area contributed by atoms with Crippen LogP contribution in [0.15, 0.2) is 48.5 Å². The Balaban J connectivity index is 2.07. The third kappa shape index (κ3) is 7.74. The van der Waals surface area contributed by atoms with Crippen LogP contribution in [0.25, 0.3) is 0 Å². The zero-order chi connectivity index (χ0) is 22.1. The maximum Gasteiger partial charge on any atom is 0.408 e. The highest BCUT2D eigenvalue weighted by Gasteiger charge is 2.22. The van der Waals surface area contributed by atoms with E-state index >= 15 is 0 Å². The minimum Gasteiger partial charge on any atom is -0.490 e. The molecule has 1 amide bonds. The number of nitrogens with one attached hydrogen (secondary N) is 1. The maximum atomic E-state index is 12.4. The van der Waals surface area contributed by atoms with Crippen molar-refractivity contribution in [2.45, 2.75) is 37.0 Å². The molecule has 8 heteroatoms. The van der Waals surface area contributed by atoms with Crippen molar-refractivity contribution < 1.29 is 28.5 Å². The Morgan fingerprint density at radius 1 is 1.00 bits per heavy atom. The van der Waals surface area contributed by atoms with E-state index in [1.807, 2.05) is 52.9 Å². The first kappa shape index (κ1) is 23.8. The van der Waals surface area contributed by atoms with E-state index in [1.54, 1.807) is 39.0 Å². The molecule has 0 aliphatic rings. The van der Waals surface area contributed by atoms with Crippen LogP contribution < -0.4 is 14.8 Å². The second-order valence-electron chi connectivity index (χ2n) is 7.32. The molecule has 0 bridgehead atoms. The van der Waals surface area contributed by atoms with Crippen molar-refractivity contribution in [1.29, 1.82) is 0 Å². The van der Waals surface area contributed by atoms with Crippen molar-refractivity contribution in [2.75, 3.05) is 13.7 Å². The van der Waals surface area contributed by atoms with Gasteiger partial charge in [-0.25, -0.2) is 9.59 Å². The van der Waals surface area contributed by atoms with Gasteiger partial charge in [0.2, 0.25) is 0 Å². The molecule has 2 rings (SSSR count). The van der Waals surface area contributed by atoms with Gasteiger partial charge in [0.1, 0.15) is 39.9 Å².